The Morgan fingerprint density at radius 3 is 2.74 bits per heavy atom. The molecule has 1 atom stereocenters. The standard InChI is InChI=1S/C17H22N4O2/c1-22-16-7-8-18-17(20-16)19-15(14-5-3-2-4-6-14)13-21-9-11-23-12-10-21/h2-8,15H,9-13H2,1H3,(H,18,19,20)/t15-/m0/s1. The number of nitrogens with zero attached hydrogens (tertiary/aromatic N) is 3. The van der Waals surface area contributed by atoms with Gasteiger partial charge in [0.05, 0.1) is 26.4 Å². The van der Waals surface area contributed by atoms with Gasteiger partial charge in [-0.25, -0.2) is 4.98 Å². The maximum Gasteiger partial charge on any atom is 0.226 e. The smallest absolute Gasteiger partial charge is 0.226 e. The van der Waals surface area contributed by atoms with Gasteiger partial charge in [0.25, 0.3) is 0 Å². The van der Waals surface area contributed by atoms with Crippen molar-refractivity contribution < 1.29 is 9.47 Å². The summed E-state index contributed by atoms with van der Waals surface area (Å²) in [6.45, 7) is 4.36. The van der Waals surface area contributed by atoms with E-state index in [1.165, 1.54) is 5.56 Å². The molecular formula is C17H22N4O2. The molecule has 3 rings (SSSR count). The first kappa shape index (κ1) is 15.7. The van der Waals surface area contributed by atoms with Crippen LogP contribution in [0.5, 0.6) is 5.88 Å². The molecule has 122 valence electrons. The van der Waals surface area contributed by atoms with Gasteiger partial charge in [0.1, 0.15) is 0 Å². The number of nitrogens with one attached hydrogen (secondary N) is 1. The molecule has 1 fully saturated rings. The van der Waals surface area contributed by atoms with E-state index in [0.717, 1.165) is 32.8 Å². The number of methoxy groups -OCH3 is 1. The van der Waals surface area contributed by atoms with E-state index >= 15 is 0 Å². The SMILES string of the molecule is COc1ccnc(N[C@@H](CN2CCOCC2)c2ccccc2)n1. The fraction of sp³-hybridized carbons (Fsp3) is 0.412. The van der Waals surface area contributed by atoms with Crippen molar-refractivity contribution in [3.05, 3.63) is 48.2 Å². The van der Waals surface area contributed by atoms with Crippen LogP contribution in [0.4, 0.5) is 5.95 Å². The number of morpholine rings is 1. The van der Waals surface area contributed by atoms with Crippen LogP contribution in [0.25, 0.3) is 0 Å². The molecule has 0 unspecified atom stereocenters. The molecule has 1 saturated heterocycles. The zero-order chi connectivity index (χ0) is 15.9. The summed E-state index contributed by atoms with van der Waals surface area (Å²) < 4.78 is 10.6. The summed E-state index contributed by atoms with van der Waals surface area (Å²) in [5.74, 6) is 1.13. The minimum Gasteiger partial charge on any atom is -0.481 e. The first-order valence-electron chi connectivity index (χ1n) is 7.84. The van der Waals surface area contributed by atoms with Gasteiger partial charge < -0.3 is 14.8 Å². The quantitative estimate of drug-likeness (QED) is 0.880. The van der Waals surface area contributed by atoms with Crippen LogP contribution >= 0.6 is 0 Å². The molecule has 1 aliphatic heterocycles. The second-order valence-corrected chi connectivity index (χ2v) is 5.44. The predicted octanol–water partition coefficient (Wildman–Crippen LogP) is 1.97. The largest absolute Gasteiger partial charge is 0.481 e. The minimum absolute atomic E-state index is 0.112. The van der Waals surface area contributed by atoms with Gasteiger partial charge in [-0.3, -0.25) is 4.90 Å². The number of rotatable bonds is 6. The molecule has 6 heteroatoms. The Hall–Kier alpha value is -2.18. The maximum atomic E-state index is 5.43. The van der Waals surface area contributed by atoms with E-state index in [0.29, 0.717) is 11.8 Å². The third-order valence-electron chi connectivity index (χ3n) is 3.89. The monoisotopic (exact) mass is 314 g/mol. The molecule has 0 bridgehead atoms. The molecule has 0 spiro atoms. The fourth-order valence-corrected chi connectivity index (χ4v) is 2.64. The van der Waals surface area contributed by atoms with Crippen molar-refractivity contribution >= 4 is 5.95 Å². The van der Waals surface area contributed by atoms with Crippen LogP contribution in [-0.4, -0.2) is 54.8 Å². The lowest BCUT2D eigenvalue weighted by Crippen LogP contribution is -2.40. The van der Waals surface area contributed by atoms with Crippen molar-refractivity contribution in [2.24, 2.45) is 0 Å². The molecule has 0 aliphatic carbocycles. The molecule has 0 amide bonds. The van der Waals surface area contributed by atoms with Crippen molar-refractivity contribution in [2.45, 2.75) is 6.04 Å². The molecule has 1 N–H and O–H groups in total. The number of benzene rings is 1. The molecule has 23 heavy (non-hydrogen) atoms. The zero-order valence-electron chi connectivity index (χ0n) is 13.3. The summed E-state index contributed by atoms with van der Waals surface area (Å²) in [6, 6.07) is 12.2. The normalized spacial score (nSPS) is 16.7. The third-order valence-corrected chi connectivity index (χ3v) is 3.89. The van der Waals surface area contributed by atoms with E-state index in [2.05, 4.69) is 44.5 Å². The van der Waals surface area contributed by atoms with E-state index < -0.39 is 0 Å². The van der Waals surface area contributed by atoms with Gasteiger partial charge in [0.2, 0.25) is 11.8 Å². The lowest BCUT2D eigenvalue weighted by molar-refractivity contribution is 0.0360. The highest BCUT2D eigenvalue weighted by atomic mass is 16.5. The van der Waals surface area contributed by atoms with Gasteiger partial charge in [-0.2, -0.15) is 4.98 Å². The Kier molecular flexibility index (Phi) is 5.39. The second kappa shape index (κ2) is 7.89. The molecule has 1 aliphatic rings. The summed E-state index contributed by atoms with van der Waals surface area (Å²) in [5.41, 5.74) is 1.21. The topological polar surface area (TPSA) is 59.5 Å². The summed E-state index contributed by atoms with van der Waals surface area (Å²) in [4.78, 5) is 11.1. The van der Waals surface area contributed by atoms with Crippen LogP contribution < -0.4 is 10.1 Å². The van der Waals surface area contributed by atoms with Gasteiger partial charge in [0, 0.05) is 31.9 Å². The van der Waals surface area contributed by atoms with E-state index in [4.69, 9.17) is 9.47 Å². The van der Waals surface area contributed by atoms with Gasteiger partial charge in [-0.05, 0) is 5.56 Å². The lowest BCUT2D eigenvalue weighted by atomic mass is 10.1. The first-order chi connectivity index (χ1) is 11.3. The Morgan fingerprint density at radius 1 is 1.22 bits per heavy atom. The van der Waals surface area contributed by atoms with E-state index in [1.807, 2.05) is 6.07 Å². The Labute approximate surface area is 136 Å². The van der Waals surface area contributed by atoms with Crippen LogP contribution in [0.2, 0.25) is 0 Å². The van der Waals surface area contributed by atoms with E-state index in [9.17, 15) is 0 Å². The second-order valence-electron chi connectivity index (χ2n) is 5.44. The van der Waals surface area contributed by atoms with Crippen LogP contribution in [0.3, 0.4) is 0 Å². The first-order valence-corrected chi connectivity index (χ1v) is 7.84. The number of hydrogen-bond acceptors (Lipinski definition) is 6. The molecule has 2 heterocycles. The van der Waals surface area contributed by atoms with E-state index in [1.54, 1.807) is 19.4 Å². The number of aromatic nitrogens is 2. The Bertz CT molecular complexity index is 603. The average Bonchev–Trinajstić information content (AvgIpc) is 2.63. The summed E-state index contributed by atoms with van der Waals surface area (Å²) >= 11 is 0. The van der Waals surface area contributed by atoms with Gasteiger partial charge in [0.15, 0.2) is 0 Å². The van der Waals surface area contributed by atoms with Crippen LogP contribution in [0.1, 0.15) is 11.6 Å². The highest BCUT2D eigenvalue weighted by Gasteiger charge is 2.19. The molecule has 0 radical (unpaired) electrons. The van der Waals surface area contributed by atoms with Gasteiger partial charge in [-0.1, -0.05) is 30.3 Å². The maximum absolute atomic E-state index is 5.43. The molecular weight excluding hydrogens is 292 g/mol. The molecule has 2 aromatic rings. The summed E-state index contributed by atoms with van der Waals surface area (Å²) in [7, 11) is 1.61. The molecule has 0 saturated carbocycles. The van der Waals surface area contributed by atoms with E-state index in [-0.39, 0.29) is 6.04 Å². The summed E-state index contributed by atoms with van der Waals surface area (Å²) in [6.07, 6.45) is 1.70. The lowest BCUT2D eigenvalue weighted by Gasteiger charge is -2.31. The molecule has 1 aromatic heterocycles. The number of ether oxygens (including phenoxy) is 2. The highest BCUT2D eigenvalue weighted by Crippen LogP contribution is 2.20. The minimum atomic E-state index is 0.112. The number of anilines is 1. The van der Waals surface area contributed by atoms with Gasteiger partial charge >= 0.3 is 0 Å². The van der Waals surface area contributed by atoms with Crippen LogP contribution in [-0.2, 0) is 4.74 Å². The van der Waals surface area contributed by atoms with Crippen LogP contribution in [0.15, 0.2) is 42.6 Å². The van der Waals surface area contributed by atoms with Crippen molar-refractivity contribution in [1.29, 1.82) is 0 Å². The third kappa shape index (κ3) is 4.40. The van der Waals surface area contributed by atoms with Crippen LogP contribution in [0, 0.1) is 0 Å². The Morgan fingerprint density at radius 2 is 2.00 bits per heavy atom. The van der Waals surface area contributed by atoms with Crippen molar-refractivity contribution in [2.75, 3.05) is 45.3 Å². The van der Waals surface area contributed by atoms with Crippen molar-refractivity contribution in [1.82, 2.24) is 14.9 Å². The predicted molar refractivity (Wildman–Crippen MR) is 88.6 cm³/mol. The van der Waals surface area contributed by atoms with Crippen molar-refractivity contribution in [3.63, 3.8) is 0 Å². The summed E-state index contributed by atoms with van der Waals surface area (Å²) in [5, 5.41) is 3.43. The molecule has 1 aromatic carbocycles. The average molecular weight is 314 g/mol. The fourth-order valence-electron chi connectivity index (χ4n) is 2.64. The highest BCUT2D eigenvalue weighted by molar-refractivity contribution is 5.34. The van der Waals surface area contributed by atoms with Gasteiger partial charge in [-0.15, -0.1) is 0 Å². The zero-order valence-corrected chi connectivity index (χ0v) is 13.3. The molecule has 6 nitrogen and oxygen atoms in total. The Balaban J connectivity index is 1.76. The van der Waals surface area contributed by atoms with Crippen molar-refractivity contribution in [3.8, 4) is 5.88 Å². The number of hydrogen-bond donors (Lipinski definition) is 1.